The van der Waals surface area contributed by atoms with Gasteiger partial charge in [0.05, 0.1) is 22.7 Å². The van der Waals surface area contributed by atoms with Crippen molar-refractivity contribution in [1.29, 1.82) is 0 Å². The van der Waals surface area contributed by atoms with Crippen LogP contribution in [0.5, 0.6) is 0 Å². The van der Waals surface area contributed by atoms with Gasteiger partial charge in [0.15, 0.2) is 12.6 Å². The van der Waals surface area contributed by atoms with Crippen molar-refractivity contribution in [3.63, 3.8) is 0 Å². The number of quaternary nitrogens is 1. The summed E-state index contributed by atoms with van der Waals surface area (Å²) in [6, 6.07) is 12.6. The number of halogens is 1. The van der Waals surface area contributed by atoms with Gasteiger partial charge < -0.3 is 15.5 Å². The molecule has 2 aromatic rings. The quantitative estimate of drug-likeness (QED) is 0.449. The smallest absolute Gasteiger partial charge is 0.287 e. The SMILES string of the molecule is C[NH+](CC(=O)NC1CC1)[C@@H](C(=O)Nc1ccc([N+](=O)[O-])cc1Cl)c1ccccc1. The monoisotopic (exact) mass is 417 g/mol. The highest BCUT2D eigenvalue weighted by Gasteiger charge is 2.32. The van der Waals surface area contributed by atoms with Crippen LogP contribution in [-0.4, -0.2) is 36.4 Å². The second-order valence-electron chi connectivity index (χ2n) is 7.12. The number of nitro groups is 1. The normalized spacial score (nSPS) is 15.2. The van der Waals surface area contributed by atoms with Crippen LogP contribution in [0.3, 0.4) is 0 Å². The number of nitrogens with one attached hydrogen (secondary N) is 3. The first-order valence-corrected chi connectivity index (χ1v) is 9.64. The fourth-order valence-electron chi connectivity index (χ4n) is 3.09. The molecule has 0 aromatic heterocycles. The second-order valence-corrected chi connectivity index (χ2v) is 7.53. The number of non-ortho nitro benzene ring substituents is 1. The Morgan fingerprint density at radius 3 is 2.52 bits per heavy atom. The van der Waals surface area contributed by atoms with Crippen LogP contribution in [-0.2, 0) is 9.59 Å². The number of carbonyl (C=O) groups excluding carboxylic acids is 2. The van der Waals surface area contributed by atoms with Gasteiger partial charge in [0.25, 0.3) is 17.5 Å². The van der Waals surface area contributed by atoms with Crippen molar-refractivity contribution in [3.8, 4) is 0 Å². The van der Waals surface area contributed by atoms with Gasteiger partial charge in [0, 0.05) is 23.7 Å². The average molecular weight is 418 g/mol. The van der Waals surface area contributed by atoms with Crippen LogP contribution in [0, 0.1) is 10.1 Å². The van der Waals surface area contributed by atoms with E-state index in [-0.39, 0.29) is 40.8 Å². The van der Waals surface area contributed by atoms with Crippen molar-refractivity contribution in [3.05, 3.63) is 69.2 Å². The fourth-order valence-corrected chi connectivity index (χ4v) is 3.31. The molecule has 9 heteroatoms. The number of carbonyl (C=O) groups is 2. The molecule has 1 fully saturated rings. The number of likely N-dealkylation sites (N-methyl/N-ethyl adjacent to an activating group) is 1. The molecule has 0 radical (unpaired) electrons. The van der Waals surface area contributed by atoms with E-state index in [1.807, 2.05) is 30.3 Å². The minimum absolute atomic E-state index is 0.0727. The van der Waals surface area contributed by atoms with Crippen molar-refractivity contribution in [1.82, 2.24) is 5.32 Å². The summed E-state index contributed by atoms with van der Waals surface area (Å²) in [6.07, 6.45) is 1.98. The standard InChI is InChI=1S/C20H21ClN4O4/c1-24(12-18(26)22-14-7-8-14)19(13-5-3-2-4-6-13)20(27)23-17-10-9-15(25(28)29)11-16(17)21/h2-6,9-11,14,19H,7-8,12H2,1H3,(H,22,26)(H,23,27)/p+1/t19-/m1/s1. The summed E-state index contributed by atoms with van der Waals surface area (Å²) in [5.41, 5.74) is 0.866. The lowest BCUT2D eigenvalue weighted by molar-refractivity contribution is -0.894. The van der Waals surface area contributed by atoms with Crippen LogP contribution in [0.2, 0.25) is 5.02 Å². The zero-order valence-electron chi connectivity index (χ0n) is 15.9. The third-order valence-corrected chi connectivity index (χ3v) is 5.00. The van der Waals surface area contributed by atoms with Crippen molar-refractivity contribution >= 4 is 34.8 Å². The summed E-state index contributed by atoms with van der Waals surface area (Å²) >= 11 is 6.11. The number of nitro benzene ring substituents is 1. The summed E-state index contributed by atoms with van der Waals surface area (Å²) in [4.78, 5) is 36.3. The largest absolute Gasteiger partial charge is 0.348 e. The van der Waals surface area contributed by atoms with Gasteiger partial charge in [0.2, 0.25) is 0 Å². The zero-order valence-corrected chi connectivity index (χ0v) is 16.6. The predicted octanol–water partition coefficient (Wildman–Crippen LogP) is 1.72. The average Bonchev–Trinajstić information content (AvgIpc) is 3.48. The molecule has 3 N–H and O–H groups in total. The van der Waals surface area contributed by atoms with Gasteiger partial charge >= 0.3 is 0 Å². The molecule has 1 aliphatic rings. The van der Waals surface area contributed by atoms with Crippen LogP contribution < -0.4 is 15.5 Å². The van der Waals surface area contributed by atoms with Crippen LogP contribution in [0.15, 0.2) is 48.5 Å². The third kappa shape index (κ3) is 5.52. The Labute approximate surface area is 173 Å². The first-order valence-electron chi connectivity index (χ1n) is 9.26. The van der Waals surface area contributed by atoms with Crippen LogP contribution in [0.4, 0.5) is 11.4 Å². The molecule has 0 bridgehead atoms. The van der Waals surface area contributed by atoms with Gasteiger partial charge in [-0.25, -0.2) is 0 Å². The first kappa shape index (κ1) is 20.8. The summed E-state index contributed by atoms with van der Waals surface area (Å²) < 4.78 is 0. The number of nitrogens with zero attached hydrogens (tertiary/aromatic N) is 1. The van der Waals surface area contributed by atoms with Crippen molar-refractivity contribution in [2.75, 3.05) is 18.9 Å². The summed E-state index contributed by atoms with van der Waals surface area (Å²) in [6.45, 7) is 0.136. The summed E-state index contributed by atoms with van der Waals surface area (Å²) in [7, 11) is 1.78. The molecule has 2 atom stereocenters. The Balaban J connectivity index is 1.78. The van der Waals surface area contributed by atoms with E-state index in [0.29, 0.717) is 4.90 Å². The lowest BCUT2D eigenvalue weighted by atomic mass is 10.0. The Morgan fingerprint density at radius 2 is 1.93 bits per heavy atom. The molecule has 0 saturated heterocycles. The molecule has 0 aliphatic heterocycles. The van der Waals surface area contributed by atoms with E-state index >= 15 is 0 Å². The zero-order chi connectivity index (χ0) is 21.0. The lowest BCUT2D eigenvalue weighted by Gasteiger charge is -2.24. The first-order chi connectivity index (χ1) is 13.8. The number of benzene rings is 2. The molecule has 3 rings (SSSR count). The Morgan fingerprint density at radius 1 is 1.24 bits per heavy atom. The van der Waals surface area contributed by atoms with Crippen molar-refractivity contribution in [2.45, 2.75) is 24.9 Å². The topological polar surface area (TPSA) is 106 Å². The summed E-state index contributed by atoms with van der Waals surface area (Å²) in [5.74, 6) is -0.462. The maximum Gasteiger partial charge on any atom is 0.287 e. The highest BCUT2D eigenvalue weighted by molar-refractivity contribution is 6.34. The van der Waals surface area contributed by atoms with E-state index in [1.165, 1.54) is 18.2 Å². The molecular weight excluding hydrogens is 396 g/mol. The van der Waals surface area contributed by atoms with Gasteiger partial charge in [-0.15, -0.1) is 0 Å². The molecule has 1 saturated carbocycles. The van der Waals surface area contributed by atoms with Gasteiger partial charge in [-0.3, -0.25) is 19.7 Å². The molecular formula is C20H22ClN4O4+. The molecule has 1 aliphatic carbocycles. The Kier molecular flexibility index (Phi) is 6.46. The van der Waals surface area contributed by atoms with Gasteiger partial charge in [-0.1, -0.05) is 41.9 Å². The van der Waals surface area contributed by atoms with Crippen LogP contribution in [0.25, 0.3) is 0 Å². The third-order valence-electron chi connectivity index (χ3n) is 4.69. The molecule has 1 unspecified atom stereocenters. The highest BCUT2D eigenvalue weighted by Crippen LogP contribution is 2.27. The van der Waals surface area contributed by atoms with Crippen molar-refractivity contribution < 1.29 is 19.4 Å². The minimum atomic E-state index is -0.660. The van der Waals surface area contributed by atoms with Gasteiger partial charge in [-0.2, -0.15) is 0 Å². The van der Waals surface area contributed by atoms with Crippen molar-refractivity contribution in [2.24, 2.45) is 0 Å². The predicted molar refractivity (Wildman–Crippen MR) is 109 cm³/mol. The number of hydrogen-bond donors (Lipinski definition) is 3. The van der Waals surface area contributed by atoms with E-state index in [4.69, 9.17) is 11.6 Å². The van der Waals surface area contributed by atoms with Gasteiger partial charge in [-0.05, 0) is 18.9 Å². The van der Waals surface area contributed by atoms with E-state index in [2.05, 4.69) is 10.6 Å². The molecule has 2 aromatic carbocycles. The second kappa shape index (κ2) is 9.02. The lowest BCUT2D eigenvalue weighted by Crippen LogP contribution is -3.11. The molecule has 2 amide bonds. The molecule has 152 valence electrons. The Bertz CT molecular complexity index is 918. The van der Waals surface area contributed by atoms with Crippen LogP contribution >= 0.6 is 11.6 Å². The number of amides is 2. The molecule has 8 nitrogen and oxygen atoms in total. The molecule has 0 spiro atoms. The maximum absolute atomic E-state index is 13.1. The highest BCUT2D eigenvalue weighted by atomic mass is 35.5. The number of rotatable bonds is 8. The fraction of sp³-hybridized carbons (Fsp3) is 0.300. The van der Waals surface area contributed by atoms with E-state index in [0.717, 1.165) is 18.4 Å². The van der Waals surface area contributed by atoms with E-state index in [1.54, 1.807) is 7.05 Å². The molecule has 0 heterocycles. The Hall–Kier alpha value is -2.97. The number of anilines is 1. The maximum atomic E-state index is 13.1. The number of hydrogen-bond acceptors (Lipinski definition) is 4. The summed E-state index contributed by atoms with van der Waals surface area (Å²) in [5, 5.41) is 16.6. The van der Waals surface area contributed by atoms with E-state index in [9.17, 15) is 19.7 Å². The molecule has 29 heavy (non-hydrogen) atoms. The van der Waals surface area contributed by atoms with E-state index < -0.39 is 11.0 Å². The van der Waals surface area contributed by atoms with Crippen LogP contribution in [0.1, 0.15) is 24.4 Å². The minimum Gasteiger partial charge on any atom is -0.348 e. The van der Waals surface area contributed by atoms with Gasteiger partial charge in [0.1, 0.15) is 0 Å².